The summed E-state index contributed by atoms with van der Waals surface area (Å²) in [6.07, 6.45) is 3.97. The highest BCUT2D eigenvalue weighted by molar-refractivity contribution is 6.30. The summed E-state index contributed by atoms with van der Waals surface area (Å²) >= 11 is 6.14. The van der Waals surface area contributed by atoms with E-state index in [2.05, 4.69) is 36.2 Å². The Balaban J connectivity index is 2.14. The van der Waals surface area contributed by atoms with Gasteiger partial charge >= 0.3 is 0 Å². The molecule has 0 amide bonds. The van der Waals surface area contributed by atoms with Gasteiger partial charge in [0.15, 0.2) is 0 Å². The molecule has 0 saturated carbocycles. The van der Waals surface area contributed by atoms with Crippen LogP contribution in [-0.4, -0.2) is 20.1 Å². The number of anilines is 1. The Morgan fingerprint density at radius 3 is 2.80 bits per heavy atom. The first-order valence-electron chi connectivity index (χ1n) is 7.79. The molecule has 1 unspecified atom stereocenters. The Morgan fingerprint density at radius 2 is 2.10 bits per heavy atom. The molecular formula is C17H27ClN2. The van der Waals surface area contributed by atoms with Gasteiger partial charge in [-0.25, -0.2) is 0 Å². The molecule has 1 fully saturated rings. The normalized spacial score (nSPS) is 20.2. The minimum atomic E-state index is 0.803. The summed E-state index contributed by atoms with van der Waals surface area (Å²) in [6, 6.07) is 6.30. The predicted molar refractivity (Wildman–Crippen MR) is 88.6 cm³/mol. The molecule has 0 spiro atoms. The van der Waals surface area contributed by atoms with Gasteiger partial charge in [-0.2, -0.15) is 0 Å². The summed E-state index contributed by atoms with van der Waals surface area (Å²) < 4.78 is 0. The maximum Gasteiger partial charge on any atom is 0.0412 e. The molecule has 0 aliphatic carbocycles. The van der Waals surface area contributed by atoms with Gasteiger partial charge in [0, 0.05) is 30.3 Å². The van der Waals surface area contributed by atoms with Crippen molar-refractivity contribution in [3.8, 4) is 0 Å². The highest BCUT2D eigenvalue weighted by Gasteiger charge is 2.20. The second kappa shape index (κ2) is 7.33. The van der Waals surface area contributed by atoms with Crippen LogP contribution in [0.4, 0.5) is 5.69 Å². The number of hydrogen-bond donors (Lipinski definition) is 1. The monoisotopic (exact) mass is 294 g/mol. The van der Waals surface area contributed by atoms with E-state index < -0.39 is 0 Å². The minimum Gasteiger partial charge on any atom is -0.371 e. The van der Waals surface area contributed by atoms with Gasteiger partial charge < -0.3 is 10.2 Å². The highest BCUT2D eigenvalue weighted by atomic mass is 35.5. The SMILES string of the molecule is CNCc1cc(Cl)ccc1N1CCCC(C(C)C)CC1. The lowest BCUT2D eigenvalue weighted by Crippen LogP contribution is -2.26. The molecule has 0 bridgehead atoms. The van der Waals surface area contributed by atoms with E-state index in [0.29, 0.717) is 0 Å². The summed E-state index contributed by atoms with van der Waals surface area (Å²) in [4.78, 5) is 2.55. The fourth-order valence-corrected chi connectivity index (χ4v) is 3.42. The van der Waals surface area contributed by atoms with Crippen LogP contribution in [0.5, 0.6) is 0 Å². The molecule has 1 aliphatic rings. The zero-order valence-corrected chi connectivity index (χ0v) is 13.7. The summed E-state index contributed by atoms with van der Waals surface area (Å²) in [5, 5.41) is 4.08. The fraction of sp³-hybridized carbons (Fsp3) is 0.647. The molecule has 0 aromatic heterocycles. The van der Waals surface area contributed by atoms with Crippen molar-refractivity contribution in [3.05, 3.63) is 28.8 Å². The van der Waals surface area contributed by atoms with Crippen molar-refractivity contribution in [3.63, 3.8) is 0 Å². The number of nitrogens with zero attached hydrogens (tertiary/aromatic N) is 1. The molecule has 112 valence electrons. The average Bonchev–Trinajstić information content (AvgIpc) is 2.65. The number of rotatable bonds is 4. The van der Waals surface area contributed by atoms with E-state index in [1.807, 2.05) is 13.1 Å². The quantitative estimate of drug-likeness (QED) is 0.889. The van der Waals surface area contributed by atoms with Crippen LogP contribution in [0.2, 0.25) is 5.02 Å². The Kier molecular flexibility index (Phi) is 5.74. The summed E-state index contributed by atoms with van der Waals surface area (Å²) in [6.45, 7) is 7.92. The van der Waals surface area contributed by atoms with Crippen molar-refractivity contribution in [1.82, 2.24) is 5.32 Å². The highest BCUT2D eigenvalue weighted by Crippen LogP contribution is 2.30. The van der Waals surface area contributed by atoms with Crippen LogP contribution in [0.25, 0.3) is 0 Å². The van der Waals surface area contributed by atoms with Crippen molar-refractivity contribution >= 4 is 17.3 Å². The molecule has 2 rings (SSSR count). The van der Waals surface area contributed by atoms with E-state index in [1.54, 1.807) is 0 Å². The largest absolute Gasteiger partial charge is 0.371 e. The van der Waals surface area contributed by atoms with Gasteiger partial charge in [-0.1, -0.05) is 25.4 Å². The average molecular weight is 295 g/mol. The number of halogens is 1. The molecule has 20 heavy (non-hydrogen) atoms. The topological polar surface area (TPSA) is 15.3 Å². The predicted octanol–water partition coefficient (Wildman–Crippen LogP) is 4.32. The van der Waals surface area contributed by atoms with Gasteiger partial charge in [0.1, 0.15) is 0 Å². The second-order valence-electron chi connectivity index (χ2n) is 6.23. The first-order valence-corrected chi connectivity index (χ1v) is 8.17. The summed E-state index contributed by atoms with van der Waals surface area (Å²) in [7, 11) is 1.99. The second-order valence-corrected chi connectivity index (χ2v) is 6.66. The molecule has 1 aromatic rings. The molecule has 1 N–H and O–H groups in total. The van der Waals surface area contributed by atoms with Crippen molar-refractivity contribution in [2.45, 2.75) is 39.7 Å². The van der Waals surface area contributed by atoms with Gasteiger partial charge in [0.05, 0.1) is 0 Å². The summed E-state index contributed by atoms with van der Waals surface area (Å²) in [5.41, 5.74) is 2.66. The molecule has 3 heteroatoms. The van der Waals surface area contributed by atoms with Crippen LogP contribution < -0.4 is 10.2 Å². The van der Waals surface area contributed by atoms with Crippen LogP contribution in [-0.2, 0) is 6.54 Å². The lowest BCUT2D eigenvalue weighted by atomic mass is 9.89. The number of nitrogens with one attached hydrogen (secondary N) is 1. The first-order chi connectivity index (χ1) is 9.61. The first kappa shape index (κ1) is 15.7. The molecule has 1 aromatic carbocycles. The zero-order chi connectivity index (χ0) is 14.5. The van der Waals surface area contributed by atoms with E-state index in [-0.39, 0.29) is 0 Å². The third kappa shape index (κ3) is 3.89. The minimum absolute atomic E-state index is 0.803. The Morgan fingerprint density at radius 1 is 1.30 bits per heavy atom. The van der Waals surface area contributed by atoms with Gasteiger partial charge in [0.2, 0.25) is 0 Å². The number of benzene rings is 1. The smallest absolute Gasteiger partial charge is 0.0412 e. The van der Waals surface area contributed by atoms with E-state index in [0.717, 1.165) is 23.4 Å². The van der Waals surface area contributed by atoms with E-state index in [9.17, 15) is 0 Å². The van der Waals surface area contributed by atoms with Crippen molar-refractivity contribution in [1.29, 1.82) is 0 Å². The molecule has 1 saturated heterocycles. The van der Waals surface area contributed by atoms with Crippen molar-refractivity contribution < 1.29 is 0 Å². The third-order valence-corrected chi connectivity index (χ3v) is 4.70. The van der Waals surface area contributed by atoms with E-state index in [4.69, 9.17) is 11.6 Å². The maximum absolute atomic E-state index is 6.14. The van der Waals surface area contributed by atoms with E-state index in [1.165, 1.54) is 43.6 Å². The van der Waals surface area contributed by atoms with Crippen LogP contribution in [0.1, 0.15) is 38.7 Å². The Labute approximate surface area is 128 Å². The molecule has 2 nitrogen and oxygen atoms in total. The van der Waals surface area contributed by atoms with Crippen LogP contribution in [0.3, 0.4) is 0 Å². The third-order valence-electron chi connectivity index (χ3n) is 4.47. The van der Waals surface area contributed by atoms with Gasteiger partial charge in [-0.15, -0.1) is 0 Å². The molecule has 0 radical (unpaired) electrons. The lowest BCUT2D eigenvalue weighted by Gasteiger charge is -2.26. The molecule has 1 aliphatic heterocycles. The van der Waals surface area contributed by atoms with Gasteiger partial charge in [-0.3, -0.25) is 0 Å². The van der Waals surface area contributed by atoms with Crippen molar-refractivity contribution in [2.24, 2.45) is 11.8 Å². The summed E-state index contributed by atoms with van der Waals surface area (Å²) in [5.74, 6) is 1.68. The maximum atomic E-state index is 6.14. The fourth-order valence-electron chi connectivity index (χ4n) is 3.22. The van der Waals surface area contributed by atoms with Gasteiger partial charge in [-0.05, 0) is 61.9 Å². The standard InChI is InChI=1S/C17H27ClN2/c1-13(2)14-5-4-9-20(10-8-14)17-7-6-16(18)11-15(17)12-19-3/h6-7,11,13-14,19H,4-5,8-10,12H2,1-3H3. The van der Waals surface area contributed by atoms with Gasteiger partial charge in [0.25, 0.3) is 0 Å². The molecule has 1 atom stereocenters. The Bertz CT molecular complexity index is 431. The zero-order valence-electron chi connectivity index (χ0n) is 13.0. The lowest BCUT2D eigenvalue weighted by molar-refractivity contribution is 0.351. The van der Waals surface area contributed by atoms with Crippen LogP contribution in [0.15, 0.2) is 18.2 Å². The molecule has 1 heterocycles. The number of hydrogen-bond acceptors (Lipinski definition) is 2. The molecular weight excluding hydrogens is 268 g/mol. The van der Waals surface area contributed by atoms with Crippen molar-refractivity contribution in [2.75, 3.05) is 25.0 Å². The van der Waals surface area contributed by atoms with E-state index >= 15 is 0 Å². The Hall–Kier alpha value is -0.730. The van der Waals surface area contributed by atoms with Crippen LogP contribution >= 0.6 is 11.6 Å². The van der Waals surface area contributed by atoms with Crippen LogP contribution in [0, 0.1) is 11.8 Å².